The molecule has 0 aliphatic carbocycles. The Morgan fingerprint density at radius 2 is 2.15 bits per heavy atom. The predicted octanol–water partition coefficient (Wildman–Crippen LogP) is 2.83. The van der Waals surface area contributed by atoms with Crippen LogP contribution in [0, 0.1) is 15.9 Å². The van der Waals surface area contributed by atoms with Crippen LogP contribution in [0.1, 0.15) is 9.67 Å². The largest absolute Gasteiger partial charge is 0.465 e. The van der Waals surface area contributed by atoms with E-state index >= 15 is 0 Å². The van der Waals surface area contributed by atoms with Gasteiger partial charge < -0.3 is 10.5 Å². The molecule has 0 fully saturated rings. The van der Waals surface area contributed by atoms with Gasteiger partial charge in [-0.25, -0.2) is 9.18 Å². The number of thiophene rings is 1. The maximum atomic E-state index is 13.3. The van der Waals surface area contributed by atoms with Crippen LogP contribution < -0.4 is 5.73 Å². The third kappa shape index (κ3) is 2.45. The molecule has 1 heterocycles. The van der Waals surface area contributed by atoms with Gasteiger partial charge in [0.1, 0.15) is 10.7 Å². The Labute approximate surface area is 116 Å². The number of carbonyl (C=O) groups excluding carboxylic acids is 1. The second kappa shape index (κ2) is 5.25. The molecule has 2 aromatic rings. The van der Waals surface area contributed by atoms with Crippen LogP contribution in [-0.4, -0.2) is 18.0 Å². The van der Waals surface area contributed by atoms with E-state index in [1.807, 2.05) is 0 Å². The standard InChI is InChI=1S/C12H9FN2O4S/c1-19-12(16)11-8(14)5-10(20-11)7-4-6(13)2-3-9(7)15(17)18/h2-5H,14H2,1H3. The summed E-state index contributed by atoms with van der Waals surface area (Å²) in [5, 5.41) is 11.0. The first-order chi connectivity index (χ1) is 9.43. The van der Waals surface area contributed by atoms with Gasteiger partial charge in [0.05, 0.1) is 23.3 Å². The van der Waals surface area contributed by atoms with E-state index in [1.54, 1.807) is 0 Å². The maximum absolute atomic E-state index is 13.3. The summed E-state index contributed by atoms with van der Waals surface area (Å²) in [4.78, 5) is 22.2. The Kier molecular flexibility index (Phi) is 3.66. The Morgan fingerprint density at radius 3 is 2.75 bits per heavy atom. The van der Waals surface area contributed by atoms with Crippen LogP contribution in [-0.2, 0) is 4.74 Å². The van der Waals surface area contributed by atoms with Gasteiger partial charge in [0, 0.05) is 10.9 Å². The minimum absolute atomic E-state index is 0.0712. The average molecular weight is 296 g/mol. The van der Waals surface area contributed by atoms with Crippen LogP contribution in [0.3, 0.4) is 0 Å². The van der Waals surface area contributed by atoms with E-state index in [2.05, 4.69) is 4.74 Å². The van der Waals surface area contributed by atoms with Gasteiger partial charge in [0.2, 0.25) is 0 Å². The van der Waals surface area contributed by atoms with Crippen LogP contribution in [0.25, 0.3) is 10.4 Å². The number of esters is 1. The number of ether oxygens (including phenoxy) is 1. The maximum Gasteiger partial charge on any atom is 0.350 e. The summed E-state index contributed by atoms with van der Waals surface area (Å²) in [6.07, 6.45) is 0. The molecule has 0 atom stereocenters. The lowest BCUT2D eigenvalue weighted by atomic mass is 10.1. The Balaban J connectivity index is 2.60. The van der Waals surface area contributed by atoms with Crippen molar-refractivity contribution >= 4 is 28.7 Å². The lowest BCUT2D eigenvalue weighted by Gasteiger charge is -2.00. The highest BCUT2D eigenvalue weighted by molar-refractivity contribution is 7.18. The number of nitrogens with two attached hydrogens (primary N) is 1. The topological polar surface area (TPSA) is 95.5 Å². The molecule has 1 aromatic carbocycles. The second-order valence-corrected chi connectivity index (χ2v) is 4.86. The van der Waals surface area contributed by atoms with Gasteiger partial charge in [-0.2, -0.15) is 0 Å². The van der Waals surface area contributed by atoms with Crippen molar-refractivity contribution in [1.82, 2.24) is 0 Å². The molecule has 6 nitrogen and oxygen atoms in total. The van der Waals surface area contributed by atoms with Crippen molar-refractivity contribution in [2.24, 2.45) is 0 Å². The molecule has 0 amide bonds. The Bertz CT molecular complexity index is 699. The second-order valence-electron chi connectivity index (χ2n) is 3.81. The third-order valence-electron chi connectivity index (χ3n) is 2.55. The molecule has 0 bridgehead atoms. The molecule has 0 aliphatic rings. The van der Waals surface area contributed by atoms with Gasteiger partial charge in [-0.1, -0.05) is 0 Å². The first-order valence-electron chi connectivity index (χ1n) is 5.36. The SMILES string of the molecule is COC(=O)c1sc(-c2cc(F)ccc2[N+](=O)[O-])cc1N. The van der Waals surface area contributed by atoms with Gasteiger partial charge in [-0.3, -0.25) is 10.1 Å². The molecular formula is C12H9FN2O4S. The number of methoxy groups -OCH3 is 1. The quantitative estimate of drug-likeness (QED) is 0.534. The fourth-order valence-corrected chi connectivity index (χ4v) is 2.68. The van der Waals surface area contributed by atoms with Crippen molar-refractivity contribution in [3.05, 3.63) is 45.1 Å². The van der Waals surface area contributed by atoms with E-state index in [9.17, 15) is 19.3 Å². The molecular weight excluding hydrogens is 287 g/mol. The molecule has 2 rings (SSSR count). The monoisotopic (exact) mass is 296 g/mol. The number of hydrogen-bond donors (Lipinski definition) is 1. The summed E-state index contributed by atoms with van der Waals surface area (Å²) >= 11 is 0.915. The number of nitrogens with zero attached hydrogens (tertiary/aromatic N) is 1. The molecule has 0 aliphatic heterocycles. The average Bonchev–Trinajstić information content (AvgIpc) is 2.79. The van der Waals surface area contributed by atoms with E-state index in [0.29, 0.717) is 4.88 Å². The highest BCUT2D eigenvalue weighted by Crippen LogP contribution is 2.38. The van der Waals surface area contributed by atoms with Crippen LogP contribution in [0.5, 0.6) is 0 Å². The summed E-state index contributed by atoms with van der Waals surface area (Å²) in [6.45, 7) is 0. The lowest BCUT2D eigenvalue weighted by molar-refractivity contribution is -0.384. The Morgan fingerprint density at radius 1 is 1.45 bits per heavy atom. The number of hydrogen-bond acceptors (Lipinski definition) is 6. The highest BCUT2D eigenvalue weighted by atomic mass is 32.1. The Hall–Kier alpha value is -2.48. The zero-order valence-electron chi connectivity index (χ0n) is 10.3. The van der Waals surface area contributed by atoms with Crippen LogP contribution in [0.2, 0.25) is 0 Å². The minimum atomic E-state index is -0.641. The molecule has 0 spiro atoms. The van der Waals surface area contributed by atoms with Gasteiger partial charge >= 0.3 is 5.97 Å². The molecule has 104 valence electrons. The predicted molar refractivity (Wildman–Crippen MR) is 72.1 cm³/mol. The molecule has 8 heteroatoms. The molecule has 2 N–H and O–H groups in total. The number of benzene rings is 1. The van der Waals surface area contributed by atoms with Crippen molar-refractivity contribution in [3.8, 4) is 10.4 Å². The number of nitrogen functional groups attached to an aromatic ring is 1. The molecule has 0 radical (unpaired) electrons. The highest BCUT2D eigenvalue weighted by Gasteiger charge is 2.21. The number of rotatable bonds is 3. The first kappa shape index (κ1) is 13.9. The number of halogens is 1. The van der Waals surface area contributed by atoms with E-state index in [4.69, 9.17) is 5.73 Å². The summed E-state index contributed by atoms with van der Waals surface area (Å²) < 4.78 is 17.8. The number of nitro groups is 1. The zero-order valence-corrected chi connectivity index (χ0v) is 11.1. The van der Waals surface area contributed by atoms with Gasteiger partial charge in [-0.15, -0.1) is 11.3 Å². The van der Waals surface area contributed by atoms with E-state index in [1.165, 1.54) is 13.2 Å². The number of carbonyl (C=O) groups is 1. The third-order valence-corrected chi connectivity index (χ3v) is 3.72. The lowest BCUT2D eigenvalue weighted by Crippen LogP contribution is -2.00. The van der Waals surface area contributed by atoms with E-state index in [-0.39, 0.29) is 21.8 Å². The molecule has 0 unspecified atom stereocenters. The number of anilines is 1. The summed E-state index contributed by atoms with van der Waals surface area (Å²) in [7, 11) is 1.20. The van der Waals surface area contributed by atoms with Gasteiger partial charge in [0.25, 0.3) is 5.69 Å². The summed E-state index contributed by atoms with van der Waals surface area (Å²) in [5.74, 6) is -1.25. The normalized spacial score (nSPS) is 10.3. The van der Waals surface area contributed by atoms with Crippen molar-refractivity contribution in [3.63, 3.8) is 0 Å². The fraction of sp³-hybridized carbons (Fsp3) is 0.0833. The minimum Gasteiger partial charge on any atom is -0.465 e. The van der Waals surface area contributed by atoms with Crippen LogP contribution >= 0.6 is 11.3 Å². The van der Waals surface area contributed by atoms with Gasteiger partial charge in [-0.05, 0) is 18.2 Å². The molecule has 20 heavy (non-hydrogen) atoms. The van der Waals surface area contributed by atoms with Crippen molar-refractivity contribution in [1.29, 1.82) is 0 Å². The molecule has 0 saturated heterocycles. The van der Waals surface area contributed by atoms with Crippen molar-refractivity contribution < 1.29 is 18.8 Å². The summed E-state index contributed by atoms with van der Waals surface area (Å²) in [5.41, 5.74) is 5.61. The van der Waals surface area contributed by atoms with Crippen LogP contribution in [0.15, 0.2) is 24.3 Å². The fourth-order valence-electron chi connectivity index (χ4n) is 1.65. The van der Waals surface area contributed by atoms with E-state index in [0.717, 1.165) is 29.5 Å². The zero-order chi connectivity index (χ0) is 14.9. The van der Waals surface area contributed by atoms with Crippen molar-refractivity contribution in [2.45, 2.75) is 0 Å². The molecule has 0 saturated carbocycles. The molecule has 1 aromatic heterocycles. The van der Waals surface area contributed by atoms with Gasteiger partial charge in [0.15, 0.2) is 0 Å². The van der Waals surface area contributed by atoms with E-state index < -0.39 is 16.7 Å². The smallest absolute Gasteiger partial charge is 0.350 e. The summed E-state index contributed by atoms with van der Waals surface area (Å²) in [6, 6.07) is 4.49. The van der Waals surface area contributed by atoms with Crippen LogP contribution in [0.4, 0.5) is 15.8 Å². The number of nitro benzene ring substituents is 1. The first-order valence-corrected chi connectivity index (χ1v) is 6.17. The van der Waals surface area contributed by atoms with Crippen molar-refractivity contribution in [2.75, 3.05) is 12.8 Å².